The summed E-state index contributed by atoms with van der Waals surface area (Å²) in [6.45, 7) is 4.62. The zero-order chi connectivity index (χ0) is 14.7. The van der Waals surface area contributed by atoms with Gasteiger partial charge in [-0.25, -0.2) is 0 Å². The lowest BCUT2D eigenvalue weighted by molar-refractivity contribution is -0.385. The molecule has 0 radical (unpaired) electrons. The second kappa shape index (κ2) is 5.73. The lowest BCUT2D eigenvalue weighted by atomic mass is 10.1. The van der Waals surface area contributed by atoms with Crippen LogP contribution >= 0.6 is 0 Å². The average molecular weight is 274 g/mol. The van der Waals surface area contributed by atoms with Gasteiger partial charge in [0.05, 0.1) is 10.6 Å². The molecule has 2 N–H and O–H groups in total. The second-order valence-electron chi connectivity index (χ2n) is 4.81. The lowest BCUT2D eigenvalue weighted by Crippen LogP contribution is -1.98. The van der Waals surface area contributed by atoms with E-state index in [1.807, 2.05) is 6.07 Å². The van der Waals surface area contributed by atoms with Crippen molar-refractivity contribution in [3.63, 3.8) is 0 Å². The highest BCUT2D eigenvalue weighted by molar-refractivity contribution is 5.74. The van der Waals surface area contributed by atoms with Gasteiger partial charge in [-0.1, -0.05) is 25.5 Å². The second-order valence-corrected chi connectivity index (χ2v) is 4.81. The number of unbranched alkanes of at least 4 members (excludes halogenated alkanes) is 1. The molecule has 0 aliphatic carbocycles. The third-order valence-electron chi connectivity index (χ3n) is 3.21. The van der Waals surface area contributed by atoms with Crippen LogP contribution in [0.25, 0.3) is 11.3 Å². The van der Waals surface area contributed by atoms with Gasteiger partial charge < -0.3 is 5.73 Å². The fraction of sp³-hybridized carbons (Fsp3) is 0.357. The Morgan fingerprint density at radius 3 is 2.85 bits per heavy atom. The highest BCUT2D eigenvalue weighted by Crippen LogP contribution is 2.29. The van der Waals surface area contributed by atoms with E-state index < -0.39 is 0 Å². The highest BCUT2D eigenvalue weighted by Gasteiger charge is 2.15. The summed E-state index contributed by atoms with van der Waals surface area (Å²) in [6, 6.07) is 5.06. The Morgan fingerprint density at radius 1 is 1.45 bits per heavy atom. The summed E-state index contributed by atoms with van der Waals surface area (Å²) in [4.78, 5) is 10.6. The molecule has 0 aliphatic rings. The van der Waals surface area contributed by atoms with E-state index in [9.17, 15) is 10.1 Å². The Morgan fingerprint density at radius 2 is 2.20 bits per heavy atom. The number of anilines is 1. The van der Waals surface area contributed by atoms with E-state index in [2.05, 4.69) is 12.0 Å². The molecule has 6 heteroatoms. The van der Waals surface area contributed by atoms with Crippen LogP contribution in [0.1, 0.15) is 25.3 Å². The fourth-order valence-electron chi connectivity index (χ4n) is 2.05. The van der Waals surface area contributed by atoms with Gasteiger partial charge in [0, 0.05) is 29.9 Å². The number of nitro groups is 1. The molecule has 0 saturated carbocycles. The predicted molar refractivity (Wildman–Crippen MR) is 78.4 cm³/mol. The van der Waals surface area contributed by atoms with Crippen molar-refractivity contribution >= 4 is 11.4 Å². The number of nitrogens with two attached hydrogens (primary N) is 1. The SMILES string of the molecule is CCCCn1cc(N)c(-c2ccc(C)c([N+](=O)[O-])c2)n1. The zero-order valence-electron chi connectivity index (χ0n) is 11.7. The minimum absolute atomic E-state index is 0.0880. The zero-order valence-corrected chi connectivity index (χ0v) is 11.7. The summed E-state index contributed by atoms with van der Waals surface area (Å²) >= 11 is 0. The molecule has 0 fully saturated rings. The van der Waals surface area contributed by atoms with Gasteiger partial charge >= 0.3 is 0 Å². The third-order valence-corrected chi connectivity index (χ3v) is 3.21. The highest BCUT2D eigenvalue weighted by atomic mass is 16.6. The Balaban J connectivity index is 2.38. The van der Waals surface area contributed by atoms with E-state index in [1.165, 1.54) is 6.07 Å². The lowest BCUT2D eigenvalue weighted by Gasteiger charge is -2.02. The Labute approximate surface area is 117 Å². The maximum atomic E-state index is 11.0. The maximum absolute atomic E-state index is 11.0. The Kier molecular flexibility index (Phi) is 4.02. The molecule has 1 aromatic heterocycles. The van der Waals surface area contributed by atoms with Crippen LogP contribution in [-0.2, 0) is 6.54 Å². The topological polar surface area (TPSA) is 87.0 Å². The van der Waals surface area contributed by atoms with Crippen LogP contribution in [0, 0.1) is 17.0 Å². The molecule has 0 unspecified atom stereocenters. The number of nitro benzene ring substituents is 1. The first kappa shape index (κ1) is 14.0. The number of hydrogen-bond donors (Lipinski definition) is 1. The first-order valence-corrected chi connectivity index (χ1v) is 6.61. The van der Waals surface area contributed by atoms with Gasteiger partial charge in [0.1, 0.15) is 5.69 Å². The number of nitrogen functional groups attached to an aromatic ring is 1. The van der Waals surface area contributed by atoms with E-state index >= 15 is 0 Å². The van der Waals surface area contributed by atoms with Crippen LogP contribution in [-0.4, -0.2) is 14.7 Å². The van der Waals surface area contributed by atoms with Gasteiger partial charge in [0.15, 0.2) is 0 Å². The number of hydrogen-bond acceptors (Lipinski definition) is 4. The fourth-order valence-corrected chi connectivity index (χ4v) is 2.05. The molecule has 0 bridgehead atoms. The van der Waals surface area contributed by atoms with Gasteiger partial charge in [0.2, 0.25) is 0 Å². The van der Waals surface area contributed by atoms with E-state index in [1.54, 1.807) is 23.9 Å². The number of benzene rings is 1. The molecule has 0 spiro atoms. The Hall–Kier alpha value is -2.37. The van der Waals surface area contributed by atoms with Gasteiger partial charge in [-0.05, 0) is 13.3 Å². The summed E-state index contributed by atoms with van der Waals surface area (Å²) in [5.74, 6) is 0. The third kappa shape index (κ3) is 2.79. The molecule has 1 heterocycles. The molecular weight excluding hydrogens is 256 g/mol. The van der Waals surface area contributed by atoms with Crippen molar-refractivity contribution < 1.29 is 4.92 Å². The number of nitrogens with zero attached hydrogens (tertiary/aromatic N) is 3. The van der Waals surface area contributed by atoms with Crippen LogP contribution in [0.2, 0.25) is 0 Å². The molecule has 0 atom stereocenters. The molecule has 20 heavy (non-hydrogen) atoms. The minimum Gasteiger partial charge on any atom is -0.396 e. The first-order valence-electron chi connectivity index (χ1n) is 6.61. The van der Waals surface area contributed by atoms with Crippen molar-refractivity contribution in [3.05, 3.63) is 40.1 Å². The van der Waals surface area contributed by atoms with E-state index in [0.717, 1.165) is 19.4 Å². The normalized spacial score (nSPS) is 10.7. The molecule has 0 amide bonds. The van der Waals surface area contributed by atoms with Gasteiger partial charge in [0.25, 0.3) is 5.69 Å². The first-order chi connectivity index (χ1) is 9.52. The standard InChI is InChI=1S/C14H18N4O2/c1-3-4-7-17-9-12(15)14(16-17)11-6-5-10(2)13(8-11)18(19)20/h5-6,8-9H,3-4,7,15H2,1-2H3. The number of rotatable bonds is 5. The van der Waals surface area contributed by atoms with Gasteiger partial charge in [-0.15, -0.1) is 0 Å². The molecule has 6 nitrogen and oxygen atoms in total. The molecule has 2 rings (SSSR count). The molecule has 0 aliphatic heterocycles. The maximum Gasteiger partial charge on any atom is 0.272 e. The van der Waals surface area contributed by atoms with Crippen molar-refractivity contribution in [2.45, 2.75) is 33.2 Å². The molecular formula is C14H18N4O2. The van der Waals surface area contributed by atoms with E-state index in [4.69, 9.17) is 5.73 Å². The molecule has 1 aromatic carbocycles. The van der Waals surface area contributed by atoms with Crippen molar-refractivity contribution in [2.24, 2.45) is 0 Å². The van der Waals surface area contributed by atoms with Crippen molar-refractivity contribution in [2.75, 3.05) is 5.73 Å². The van der Waals surface area contributed by atoms with Crippen molar-refractivity contribution in [3.8, 4) is 11.3 Å². The van der Waals surface area contributed by atoms with Gasteiger partial charge in [-0.3, -0.25) is 14.8 Å². The molecule has 106 valence electrons. The van der Waals surface area contributed by atoms with Crippen LogP contribution < -0.4 is 5.73 Å². The summed E-state index contributed by atoms with van der Waals surface area (Å²) < 4.78 is 1.79. The number of aryl methyl sites for hydroxylation is 2. The van der Waals surface area contributed by atoms with E-state index in [0.29, 0.717) is 22.5 Å². The van der Waals surface area contributed by atoms with Crippen LogP contribution in [0.3, 0.4) is 0 Å². The molecule has 0 saturated heterocycles. The summed E-state index contributed by atoms with van der Waals surface area (Å²) in [6.07, 6.45) is 3.87. The van der Waals surface area contributed by atoms with Gasteiger partial charge in [-0.2, -0.15) is 5.10 Å². The smallest absolute Gasteiger partial charge is 0.272 e. The Bertz CT molecular complexity index is 634. The average Bonchev–Trinajstić information content (AvgIpc) is 2.78. The predicted octanol–water partition coefficient (Wildman–Crippen LogP) is 3.15. The molecule has 2 aromatic rings. The van der Waals surface area contributed by atoms with Crippen LogP contribution in [0.15, 0.2) is 24.4 Å². The largest absolute Gasteiger partial charge is 0.396 e. The van der Waals surface area contributed by atoms with Crippen LogP contribution in [0.5, 0.6) is 0 Å². The number of aromatic nitrogens is 2. The quantitative estimate of drug-likeness (QED) is 0.670. The van der Waals surface area contributed by atoms with Crippen LogP contribution in [0.4, 0.5) is 11.4 Å². The van der Waals surface area contributed by atoms with Crippen molar-refractivity contribution in [1.82, 2.24) is 9.78 Å². The summed E-state index contributed by atoms with van der Waals surface area (Å²) in [5.41, 5.74) is 8.49. The monoisotopic (exact) mass is 274 g/mol. The van der Waals surface area contributed by atoms with E-state index in [-0.39, 0.29) is 10.6 Å². The van der Waals surface area contributed by atoms with Crippen molar-refractivity contribution in [1.29, 1.82) is 0 Å². The minimum atomic E-state index is -0.386. The summed E-state index contributed by atoms with van der Waals surface area (Å²) in [7, 11) is 0. The summed E-state index contributed by atoms with van der Waals surface area (Å²) in [5, 5.41) is 15.4.